The van der Waals surface area contributed by atoms with Crippen molar-refractivity contribution in [1.29, 1.82) is 0 Å². The Labute approximate surface area is 350 Å². The standard InChI is InChI=1S/C58H39NO/c1-4-16-40(17-5-1)42-28-33-47(34-29-42)59(55-26-14-12-23-49(55)43-20-8-3-9-21-43)48-35-30-44(31-36-48)53-39-46-22-10-11-24-50(46)57-54-38-45(41-18-6-2-7-19-41)32-37-51(54)52-25-13-15-27-56(52)60-58(53)57/h1-39H. The second-order valence-corrected chi connectivity index (χ2v) is 15.3. The van der Waals surface area contributed by atoms with Crippen LogP contribution in [0.25, 0.3) is 77.5 Å². The van der Waals surface area contributed by atoms with E-state index in [0.29, 0.717) is 0 Å². The third kappa shape index (κ3) is 6.32. The van der Waals surface area contributed by atoms with Crippen molar-refractivity contribution in [2.75, 3.05) is 4.90 Å². The Morgan fingerprint density at radius 2 is 0.800 bits per heavy atom. The number of para-hydroxylation sites is 2. The smallest absolute Gasteiger partial charge is 0.143 e. The summed E-state index contributed by atoms with van der Waals surface area (Å²) in [5.74, 6) is 1.71. The van der Waals surface area contributed by atoms with Crippen LogP contribution >= 0.6 is 0 Å². The Kier molecular flexibility index (Phi) is 8.87. The van der Waals surface area contributed by atoms with Gasteiger partial charge in [-0.2, -0.15) is 0 Å². The number of rotatable bonds is 7. The molecule has 11 rings (SSSR count). The van der Waals surface area contributed by atoms with E-state index in [2.05, 4.69) is 241 Å². The zero-order valence-electron chi connectivity index (χ0n) is 32.9. The quantitative estimate of drug-likeness (QED) is 0.160. The van der Waals surface area contributed by atoms with Crippen LogP contribution in [0.4, 0.5) is 17.1 Å². The van der Waals surface area contributed by atoms with Crippen molar-refractivity contribution in [2.24, 2.45) is 0 Å². The predicted octanol–water partition coefficient (Wildman–Crippen LogP) is 16.4. The Bertz CT molecular complexity index is 3140. The van der Waals surface area contributed by atoms with E-state index in [1.54, 1.807) is 0 Å². The van der Waals surface area contributed by atoms with Gasteiger partial charge in [-0.3, -0.25) is 0 Å². The van der Waals surface area contributed by atoms with Crippen molar-refractivity contribution in [3.63, 3.8) is 0 Å². The minimum Gasteiger partial charge on any atom is -0.455 e. The average molecular weight is 766 g/mol. The highest BCUT2D eigenvalue weighted by molar-refractivity contribution is 6.09. The van der Waals surface area contributed by atoms with E-state index < -0.39 is 0 Å². The summed E-state index contributed by atoms with van der Waals surface area (Å²) >= 11 is 0. The maximum absolute atomic E-state index is 7.14. The van der Waals surface area contributed by atoms with Crippen LogP contribution in [0.1, 0.15) is 0 Å². The van der Waals surface area contributed by atoms with Gasteiger partial charge in [0.15, 0.2) is 0 Å². The van der Waals surface area contributed by atoms with Gasteiger partial charge in [0.25, 0.3) is 0 Å². The fourth-order valence-corrected chi connectivity index (χ4v) is 8.78. The van der Waals surface area contributed by atoms with E-state index in [9.17, 15) is 0 Å². The van der Waals surface area contributed by atoms with Crippen molar-refractivity contribution in [3.05, 3.63) is 237 Å². The van der Waals surface area contributed by atoms with Crippen LogP contribution in [0.3, 0.4) is 0 Å². The lowest BCUT2D eigenvalue weighted by atomic mass is 9.86. The van der Waals surface area contributed by atoms with E-state index in [-0.39, 0.29) is 0 Å². The monoisotopic (exact) mass is 765 g/mol. The molecule has 0 atom stereocenters. The number of hydrogen-bond donors (Lipinski definition) is 0. The molecule has 0 spiro atoms. The van der Waals surface area contributed by atoms with Gasteiger partial charge in [0.05, 0.1) is 5.69 Å². The van der Waals surface area contributed by atoms with Gasteiger partial charge in [-0.1, -0.05) is 188 Å². The summed E-state index contributed by atoms with van der Waals surface area (Å²) in [7, 11) is 0. The summed E-state index contributed by atoms with van der Waals surface area (Å²) in [5.41, 5.74) is 17.0. The van der Waals surface area contributed by atoms with Crippen LogP contribution in [0.2, 0.25) is 0 Å². The van der Waals surface area contributed by atoms with Crippen molar-refractivity contribution >= 4 is 27.8 Å². The fourth-order valence-electron chi connectivity index (χ4n) is 8.78. The predicted molar refractivity (Wildman–Crippen MR) is 251 cm³/mol. The molecule has 10 aromatic carbocycles. The maximum atomic E-state index is 7.14. The van der Waals surface area contributed by atoms with Crippen LogP contribution in [-0.2, 0) is 0 Å². The lowest BCUT2D eigenvalue weighted by Crippen LogP contribution is -2.11. The molecule has 0 radical (unpaired) electrons. The summed E-state index contributed by atoms with van der Waals surface area (Å²) in [6.07, 6.45) is 0. The fraction of sp³-hybridized carbons (Fsp3) is 0. The van der Waals surface area contributed by atoms with Gasteiger partial charge in [-0.05, 0) is 104 Å². The molecule has 0 unspecified atom stereocenters. The molecule has 0 fully saturated rings. The first-order valence-corrected chi connectivity index (χ1v) is 20.5. The highest BCUT2D eigenvalue weighted by Crippen LogP contribution is 2.54. The first kappa shape index (κ1) is 35.2. The molecule has 1 aliphatic rings. The summed E-state index contributed by atoms with van der Waals surface area (Å²) in [6, 6.07) is 84.7. The molecule has 60 heavy (non-hydrogen) atoms. The van der Waals surface area contributed by atoms with E-state index in [1.807, 2.05) is 0 Å². The molecule has 1 heterocycles. The van der Waals surface area contributed by atoms with Gasteiger partial charge in [0.1, 0.15) is 11.5 Å². The highest BCUT2D eigenvalue weighted by atomic mass is 16.5. The average Bonchev–Trinajstić information content (AvgIpc) is 3.47. The first-order chi connectivity index (χ1) is 29.8. The normalized spacial score (nSPS) is 11.5. The van der Waals surface area contributed by atoms with Crippen LogP contribution in [0, 0.1) is 0 Å². The number of fused-ring (bicyclic) bond motifs is 7. The summed E-state index contributed by atoms with van der Waals surface area (Å²) in [4.78, 5) is 2.37. The SMILES string of the molecule is c1ccc(-c2ccc(N(c3ccc(-c4cc5ccccc5c5c4Oc4ccccc4-c4ccc(-c6ccccc6)cc4-5)cc3)c3ccccc3-c3ccccc3)cc2)cc1. The molecule has 0 N–H and O–H groups in total. The molecule has 0 saturated heterocycles. The van der Waals surface area contributed by atoms with E-state index in [4.69, 9.17) is 4.74 Å². The molecular weight excluding hydrogens is 727 g/mol. The Morgan fingerprint density at radius 3 is 1.50 bits per heavy atom. The molecule has 2 nitrogen and oxygen atoms in total. The zero-order chi connectivity index (χ0) is 39.8. The molecule has 1 aliphatic heterocycles. The molecule has 0 saturated carbocycles. The zero-order valence-corrected chi connectivity index (χ0v) is 32.9. The van der Waals surface area contributed by atoms with Gasteiger partial charge in [-0.25, -0.2) is 0 Å². The topological polar surface area (TPSA) is 12.5 Å². The van der Waals surface area contributed by atoms with Crippen molar-refractivity contribution in [2.45, 2.75) is 0 Å². The van der Waals surface area contributed by atoms with Crippen molar-refractivity contribution in [1.82, 2.24) is 0 Å². The van der Waals surface area contributed by atoms with Crippen LogP contribution in [0.5, 0.6) is 11.5 Å². The number of hydrogen-bond acceptors (Lipinski definition) is 2. The number of nitrogens with zero attached hydrogens (tertiary/aromatic N) is 1. The molecule has 282 valence electrons. The minimum absolute atomic E-state index is 0.848. The molecule has 0 bridgehead atoms. The summed E-state index contributed by atoms with van der Waals surface area (Å²) in [6.45, 7) is 0. The third-order valence-corrected chi connectivity index (χ3v) is 11.7. The molecule has 2 heteroatoms. The van der Waals surface area contributed by atoms with Gasteiger partial charge in [0.2, 0.25) is 0 Å². The van der Waals surface area contributed by atoms with Gasteiger partial charge in [0, 0.05) is 33.6 Å². The Morgan fingerprint density at radius 1 is 0.300 bits per heavy atom. The van der Waals surface area contributed by atoms with Crippen molar-refractivity contribution in [3.8, 4) is 78.3 Å². The van der Waals surface area contributed by atoms with E-state index >= 15 is 0 Å². The maximum Gasteiger partial charge on any atom is 0.143 e. The summed E-state index contributed by atoms with van der Waals surface area (Å²) < 4.78 is 7.14. The Hall–Kier alpha value is -7.94. The van der Waals surface area contributed by atoms with E-state index in [1.165, 1.54) is 27.8 Å². The van der Waals surface area contributed by atoms with Crippen molar-refractivity contribution < 1.29 is 4.74 Å². The highest BCUT2D eigenvalue weighted by Gasteiger charge is 2.27. The lowest BCUT2D eigenvalue weighted by Gasteiger charge is -2.28. The first-order valence-electron chi connectivity index (χ1n) is 20.5. The number of benzene rings is 10. The lowest BCUT2D eigenvalue weighted by molar-refractivity contribution is 0.490. The Balaban J connectivity index is 1.09. The molecule has 0 aromatic heterocycles. The van der Waals surface area contributed by atoms with Gasteiger partial charge < -0.3 is 9.64 Å². The van der Waals surface area contributed by atoms with Gasteiger partial charge >= 0.3 is 0 Å². The largest absolute Gasteiger partial charge is 0.455 e. The van der Waals surface area contributed by atoms with Crippen LogP contribution < -0.4 is 9.64 Å². The van der Waals surface area contributed by atoms with Gasteiger partial charge in [-0.15, -0.1) is 0 Å². The minimum atomic E-state index is 0.848. The molecular formula is C58H39NO. The molecule has 0 amide bonds. The van der Waals surface area contributed by atoms with Crippen LogP contribution in [-0.4, -0.2) is 0 Å². The second-order valence-electron chi connectivity index (χ2n) is 15.3. The number of ether oxygens (including phenoxy) is 1. The van der Waals surface area contributed by atoms with E-state index in [0.717, 1.165) is 78.3 Å². The van der Waals surface area contributed by atoms with Crippen LogP contribution in [0.15, 0.2) is 237 Å². The number of anilines is 3. The molecule has 10 aromatic rings. The summed E-state index contributed by atoms with van der Waals surface area (Å²) in [5, 5.41) is 2.33. The molecule has 0 aliphatic carbocycles. The second kappa shape index (κ2) is 15.1. The third-order valence-electron chi connectivity index (χ3n) is 11.7.